The minimum Gasteiger partial charge on any atom is -0.491 e. The second-order valence-electron chi connectivity index (χ2n) is 4.44. The van der Waals surface area contributed by atoms with Gasteiger partial charge in [-0.05, 0) is 12.8 Å². The predicted octanol–water partition coefficient (Wildman–Crippen LogP) is 2.27. The molecule has 0 radical (unpaired) electrons. The molecule has 0 aromatic heterocycles. The molecule has 0 unspecified atom stereocenters. The summed E-state index contributed by atoms with van der Waals surface area (Å²) in [6.45, 7) is 1.07. The van der Waals surface area contributed by atoms with Crippen molar-refractivity contribution in [1.29, 1.82) is 0 Å². The van der Waals surface area contributed by atoms with Crippen LogP contribution in [-0.2, 0) is 4.74 Å². The molecule has 7 heteroatoms. The summed E-state index contributed by atoms with van der Waals surface area (Å²) in [6, 6.07) is 1.45. The third-order valence-corrected chi connectivity index (χ3v) is 2.97. The summed E-state index contributed by atoms with van der Waals surface area (Å²) in [6.07, 6.45) is 1.87. The maximum absolute atomic E-state index is 13.4. The van der Waals surface area contributed by atoms with E-state index in [1.807, 2.05) is 0 Å². The molecule has 2 amide bonds. The predicted molar refractivity (Wildman–Crippen MR) is 68.9 cm³/mol. The number of hydrogen-bond acceptors (Lipinski definition) is 3. The van der Waals surface area contributed by atoms with Crippen LogP contribution in [0.5, 0.6) is 5.75 Å². The van der Waals surface area contributed by atoms with E-state index in [9.17, 15) is 13.6 Å². The molecule has 1 saturated heterocycles. The van der Waals surface area contributed by atoms with Gasteiger partial charge in [-0.3, -0.25) is 0 Å². The van der Waals surface area contributed by atoms with E-state index in [1.54, 1.807) is 0 Å². The van der Waals surface area contributed by atoms with Gasteiger partial charge in [-0.1, -0.05) is 0 Å². The Morgan fingerprint density at radius 1 is 1.45 bits per heavy atom. The Labute approximate surface area is 115 Å². The molecule has 5 nitrogen and oxygen atoms in total. The normalized spacial score (nSPS) is 17.9. The first-order valence-electron chi connectivity index (χ1n) is 6.29. The second-order valence-corrected chi connectivity index (χ2v) is 4.44. The van der Waals surface area contributed by atoms with E-state index >= 15 is 0 Å². The number of carbonyl (C=O) groups is 1. The van der Waals surface area contributed by atoms with E-state index in [4.69, 9.17) is 4.74 Å². The standard InChI is InChI=1S/C13H16F2N2O3/c1-19-12-10(14)5-8(6-11(12)15)17-13(18)16-7-9-3-2-4-20-9/h5-6,9H,2-4,7H2,1H3,(H2,16,17,18)/t9-/m1/s1. The van der Waals surface area contributed by atoms with Crippen LogP contribution in [-0.4, -0.2) is 32.4 Å². The molecule has 1 aliphatic heterocycles. The Bertz CT molecular complexity index is 467. The van der Waals surface area contributed by atoms with Crippen molar-refractivity contribution in [2.24, 2.45) is 0 Å². The SMILES string of the molecule is COc1c(F)cc(NC(=O)NC[C@H]2CCCO2)cc1F. The number of benzene rings is 1. The lowest BCUT2D eigenvalue weighted by Crippen LogP contribution is -2.35. The molecule has 110 valence electrons. The van der Waals surface area contributed by atoms with E-state index < -0.39 is 23.4 Å². The van der Waals surface area contributed by atoms with Crippen molar-refractivity contribution >= 4 is 11.7 Å². The smallest absolute Gasteiger partial charge is 0.319 e. The van der Waals surface area contributed by atoms with Crippen molar-refractivity contribution < 1.29 is 23.0 Å². The summed E-state index contributed by atoms with van der Waals surface area (Å²) in [7, 11) is 1.17. The minimum atomic E-state index is -0.873. The number of hydrogen-bond donors (Lipinski definition) is 2. The Hall–Kier alpha value is -1.89. The number of carbonyl (C=O) groups excluding carboxylic acids is 1. The van der Waals surface area contributed by atoms with Gasteiger partial charge < -0.3 is 20.1 Å². The second kappa shape index (κ2) is 6.51. The first-order chi connectivity index (χ1) is 9.60. The molecule has 1 aromatic carbocycles. The van der Waals surface area contributed by atoms with E-state index in [2.05, 4.69) is 15.4 Å². The van der Waals surface area contributed by atoms with Gasteiger partial charge in [0, 0.05) is 31.0 Å². The lowest BCUT2D eigenvalue weighted by atomic mass is 10.2. The number of rotatable bonds is 4. The number of amides is 2. The lowest BCUT2D eigenvalue weighted by molar-refractivity contribution is 0.112. The quantitative estimate of drug-likeness (QED) is 0.892. The molecule has 2 N–H and O–H groups in total. The van der Waals surface area contributed by atoms with Crippen LogP contribution in [0.1, 0.15) is 12.8 Å². The molecule has 1 heterocycles. The molecule has 0 saturated carbocycles. The molecule has 2 rings (SSSR count). The first-order valence-corrected chi connectivity index (χ1v) is 6.29. The van der Waals surface area contributed by atoms with Crippen molar-refractivity contribution in [3.05, 3.63) is 23.8 Å². The third-order valence-electron chi connectivity index (χ3n) is 2.97. The average Bonchev–Trinajstić information content (AvgIpc) is 2.89. The molecule has 1 fully saturated rings. The number of halogens is 2. The number of ether oxygens (including phenoxy) is 2. The summed E-state index contributed by atoms with van der Waals surface area (Å²) in [5, 5.41) is 4.95. The van der Waals surface area contributed by atoms with Gasteiger partial charge in [-0.2, -0.15) is 0 Å². The van der Waals surface area contributed by atoms with Gasteiger partial charge in [0.05, 0.1) is 13.2 Å². The van der Waals surface area contributed by atoms with Crippen molar-refractivity contribution in [3.8, 4) is 5.75 Å². The highest BCUT2D eigenvalue weighted by Crippen LogP contribution is 2.25. The lowest BCUT2D eigenvalue weighted by Gasteiger charge is -2.12. The Kier molecular flexibility index (Phi) is 4.73. The molecule has 1 atom stereocenters. The van der Waals surface area contributed by atoms with Crippen LogP contribution >= 0.6 is 0 Å². The molecule has 0 spiro atoms. The number of urea groups is 1. The van der Waals surface area contributed by atoms with Gasteiger partial charge in [0.15, 0.2) is 17.4 Å². The minimum absolute atomic E-state index is 0.00471. The van der Waals surface area contributed by atoms with E-state index in [0.717, 1.165) is 25.0 Å². The van der Waals surface area contributed by atoms with Crippen LogP contribution in [0.3, 0.4) is 0 Å². The maximum atomic E-state index is 13.4. The van der Waals surface area contributed by atoms with Crippen molar-refractivity contribution in [2.75, 3.05) is 25.6 Å². The fourth-order valence-electron chi connectivity index (χ4n) is 2.01. The van der Waals surface area contributed by atoms with Gasteiger partial charge in [0.2, 0.25) is 0 Å². The summed E-state index contributed by atoms with van der Waals surface area (Å²) in [5.41, 5.74) is 0.0191. The van der Waals surface area contributed by atoms with Gasteiger partial charge in [0.25, 0.3) is 0 Å². The zero-order valence-electron chi connectivity index (χ0n) is 11.0. The molecular formula is C13H16F2N2O3. The Morgan fingerprint density at radius 3 is 2.70 bits per heavy atom. The summed E-state index contributed by atoms with van der Waals surface area (Å²) >= 11 is 0. The van der Waals surface area contributed by atoms with E-state index in [0.29, 0.717) is 13.2 Å². The van der Waals surface area contributed by atoms with Crippen molar-refractivity contribution in [1.82, 2.24) is 5.32 Å². The Balaban J connectivity index is 1.90. The maximum Gasteiger partial charge on any atom is 0.319 e. The van der Waals surface area contributed by atoms with E-state index in [1.165, 1.54) is 7.11 Å². The largest absolute Gasteiger partial charge is 0.491 e. The molecule has 0 bridgehead atoms. The zero-order valence-corrected chi connectivity index (χ0v) is 11.0. The van der Waals surface area contributed by atoms with Gasteiger partial charge >= 0.3 is 6.03 Å². The summed E-state index contributed by atoms with van der Waals surface area (Å²) < 4.78 is 36.8. The highest BCUT2D eigenvalue weighted by atomic mass is 19.1. The monoisotopic (exact) mass is 286 g/mol. The molecule has 1 aliphatic rings. The van der Waals surface area contributed by atoms with Crippen LogP contribution in [0, 0.1) is 11.6 Å². The van der Waals surface area contributed by atoms with Crippen LogP contribution in [0.2, 0.25) is 0 Å². The molecule has 20 heavy (non-hydrogen) atoms. The summed E-state index contributed by atoms with van der Waals surface area (Å²) in [4.78, 5) is 11.6. The fraction of sp³-hybridized carbons (Fsp3) is 0.462. The van der Waals surface area contributed by atoms with Crippen LogP contribution in [0.25, 0.3) is 0 Å². The molecule has 0 aliphatic carbocycles. The van der Waals surface area contributed by atoms with Crippen molar-refractivity contribution in [2.45, 2.75) is 18.9 Å². The van der Waals surface area contributed by atoms with E-state index in [-0.39, 0.29) is 11.8 Å². The zero-order chi connectivity index (χ0) is 14.5. The fourth-order valence-corrected chi connectivity index (χ4v) is 2.01. The Morgan fingerprint density at radius 2 is 2.15 bits per heavy atom. The van der Waals surface area contributed by atoms with Gasteiger partial charge in [-0.25, -0.2) is 13.6 Å². The van der Waals surface area contributed by atoms with Crippen LogP contribution in [0.15, 0.2) is 12.1 Å². The highest BCUT2D eigenvalue weighted by Gasteiger charge is 2.17. The number of anilines is 1. The molecular weight excluding hydrogens is 270 g/mol. The third kappa shape index (κ3) is 3.57. The first kappa shape index (κ1) is 14.5. The summed E-state index contributed by atoms with van der Waals surface area (Å²) in [5.74, 6) is -2.22. The topological polar surface area (TPSA) is 59.6 Å². The van der Waals surface area contributed by atoms with Crippen LogP contribution in [0.4, 0.5) is 19.3 Å². The molecule has 1 aromatic rings. The van der Waals surface area contributed by atoms with Crippen LogP contribution < -0.4 is 15.4 Å². The average molecular weight is 286 g/mol. The number of methoxy groups -OCH3 is 1. The highest BCUT2D eigenvalue weighted by molar-refractivity contribution is 5.89. The van der Waals surface area contributed by atoms with Gasteiger partial charge in [-0.15, -0.1) is 0 Å². The van der Waals surface area contributed by atoms with Crippen molar-refractivity contribution in [3.63, 3.8) is 0 Å². The van der Waals surface area contributed by atoms with Gasteiger partial charge in [0.1, 0.15) is 0 Å². The number of nitrogens with one attached hydrogen (secondary N) is 2.